The molecule has 3 aromatic rings. The highest BCUT2D eigenvalue weighted by Crippen LogP contribution is 2.24. The fourth-order valence-corrected chi connectivity index (χ4v) is 4.13. The number of halogens is 1. The first kappa shape index (κ1) is 26.8. The molecule has 0 radical (unpaired) electrons. The number of rotatable bonds is 16. The normalized spacial score (nSPS) is 12.0. The van der Waals surface area contributed by atoms with Crippen LogP contribution >= 0.6 is 0 Å². The Labute approximate surface area is 211 Å². The van der Waals surface area contributed by atoms with E-state index in [-0.39, 0.29) is 6.61 Å². The van der Waals surface area contributed by atoms with Gasteiger partial charge in [-0.2, -0.15) is 0 Å². The van der Waals surface area contributed by atoms with Crippen LogP contribution in [-0.4, -0.2) is 22.7 Å². The third kappa shape index (κ3) is 9.43. The maximum Gasteiger partial charge on any atom is 0.159 e. The molecular formula is C31H41FN2O. The highest BCUT2D eigenvalue weighted by Gasteiger charge is 2.06. The fraction of sp³-hybridized carbons (Fsp3) is 0.484. The van der Waals surface area contributed by atoms with E-state index in [1.54, 1.807) is 0 Å². The molecule has 0 aliphatic heterocycles. The molecule has 1 heterocycles. The summed E-state index contributed by atoms with van der Waals surface area (Å²) in [6, 6.07) is 16.3. The summed E-state index contributed by atoms with van der Waals surface area (Å²) in [5.74, 6) is 1.40. The first-order valence-corrected chi connectivity index (χ1v) is 13.5. The molecule has 1 aromatic heterocycles. The molecule has 3 nitrogen and oxygen atoms in total. The summed E-state index contributed by atoms with van der Waals surface area (Å²) in [4.78, 5) is 9.16. The second kappa shape index (κ2) is 15.3. The average Bonchev–Trinajstić information content (AvgIpc) is 2.91. The van der Waals surface area contributed by atoms with Gasteiger partial charge in [0.15, 0.2) is 5.82 Å². The van der Waals surface area contributed by atoms with Gasteiger partial charge in [-0.15, -0.1) is 0 Å². The first-order valence-electron chi connectivity index (χ1n) is 13.5. The van der Waals surface area contributed by atoms with Crippen molar-refractivity contribution in [3.63, 3.8) is 0 Å². The molecule has 0 amide bonds. The molecule has 0 spiro atoms. The van der Waals surface area contributed by atoms with Crippen LogP contribution in [0.2, 0.25) is 0 Å². The lowest BCUT2D eigenvalue weighted by Gasteiger charge is -2.09. The van der Waals surface area contributed by atoms with Crippen molar-refractivity contribution in [3.05, 3.63) is 66.5 Å². The van der Waals surface area contributed by atoms with Gasteiger partial charge in [0.05, 0.1) is 0 Å². The van der Waals surface area contributed by atoms with Gasteiger partial charge in [-0.1, -0.05) is 102 Å². The van der Waals surface area contributed by atoms with Crippen LogP contribution in [0, 0.1) is 0 Å². The van der Waals surface area contributed by atoms with E-state index in [2.05, 4.69) is 41.2 Å². The molecule has 0 aliphatic carbocycles. The third-order valence-corrected chi connectivity index (χ3v) is 6.49. The van der Waals surface area contributed by atoms with Crippen LogP contribution in [0.4, 0.5) is 4.39 Å². The number of aryl methyl sites for hydroxylation is 1. The summed E-state index contributed by atoms with van der Waals surface area (Å²) in [5.41, 5.74) is 4.37. The standard InChI is InChI=1S/C31H41FN2O/c1-3-5-6-7-8-9-10-11-12-13-25-14-16-27(17-15-25)31-33-22-28(23-34-31)26-18-20-30(21-19-26)35-24-29(32)4-2/h14-23,29H,3-13,24H2,1-2H3. The van der Waals surface area contributed by atoms with E-state index in [0.717, 1.165) is 28.9 Å². The van der Waals surface area contributed by atoms with Gasteiger partial charge in [-0.25, -0.2) is 14.4 Å². The van der Waals surface area contributed by atoms with E-state index < -0.39 is 6.17 Å². The summed E-state index contributed by atoms with van der Waals surface area (Å²) >= 11 is 0. The Bertz CT molecular complexity index is 955. The van der Waals surface area contributed by atoms with Crippen LogP contribution in [0.25, 0.3) is 22.5 Å². The average molecular weight is 477 g/mol. The van der Waals surface area contributed by atoms with Crippen LogP contribution in [0.3, 0.4) is 0 Å². The van der Waals surface area contributed by atoms with Crippen LogP contribution in [-0.2, 0) is 6.42 Å². The number of aromatic nitrogens is 2. The number of unbranched alkanes of at least 4 members (excludes halogenated alkanes) is 8. The number of alkyl halides is 1. The summed E-state index contributed by atoms with van der Waals surface area (Å²) in [7, 11) is 0. The van der Waals surface area contributed by atoms with Gasteiger partial charge in [0, 0.05) is 23.5 Å². The van der Waals surface area contributed by atoms with Gasteiger partial charge >= 0.3 is 0 Å². The number of benzene rings is 2. The van der Waals surface area contributed by atoms with Crippen molar-refractivity contribution in [2.75, 3.05) is 6.61 Å². The van der Waals surface area contributed by atoms with Gasteiger partial charge in [-0.3, -0.25) is 0 Å². The smallest absolute Gasteiger partial charge is 0.159 e. The molecule has 3 rings (SSSR count). The monoisotopic (exact) mass is 476 g/mol. The van der Waals surface area contributed by atoms with Gasteiger partial charge in [-0.05, 0) is 42.5 Å². The first-order chi connectivity index (χ1) is 17.2. The molecule has 0 aliphatic rings. The Kier molecular flexibility index (Phi) is 11.7. The highest BCUT2D eigenvalue weighted by molar-refractivity contribution is 5.64. The zero-order valence-corrected chi connectivity index (χ0v) is 21.5. The second-order valence-electron chi connectivity index (χ2n) is 9.41. The number of hydrogen-bond donors (Lipinski definition) is 0. The lowest BCUT2D eigenvalue weighted by molar-refractivity contribution is 0.192. The van der Waals surface area contributed by atoms with E-state index in [1.165, 1.54) is 63.4 Å². The SMILES string of the molecule is CCCCCCCCCCCc1ccc(-c2ncc(-c3ccc(OCC(F)CC)cc3)cn2)cc1. The Balaban J connectivity index is 1.43. The van der Waals surface area contributed by atoms with Crippen molar-refractivity contribution in [1.82, 2.24) is 9.97 Å². The number of nitrogens with zero attached hydrogens (tertiary/aromatic N) is 2. The minimum atomic E-state index is -0.931. The van der Waals surface area contributed by atoms with Crippen molar-refractivity contribution in [1.29, 1.82) is 0 Å². The zero-order chi connectivity index (χ0) is 24.7. The van der Waals surface area contributed by atoms with E-state index in [4.69, 9.17) is 4.74 Å². The van der Waals surface area contributed by atoms with E-state index in [1.807, 2.05) is 43.6 Å². The van der Waals surface area contributed by atoms with Crippen LogP contribution < -0.4 is 4.74 Å². The maximum absolute atomic E-state index is 13.4. The Morgan fingerprint density at radius 1 is 0.686 bits per heavy atom. The Morgan fingerprint density at radius 3 is 1.86 bits per heavy atom. The van der Waals surface area contributed by atoms with Gasteiger partial charge in [0.25, 0.3) is 0 Å². The molecule has 35 heavy (non-hydrogen) atoms. The quantitative estimate of drug-likeness (QED) is 0.193. The summed E-state index contributed by atoms with van der Waals surface area (Å²) in [6.07, 6.45) is 16.6. The minimum absolute atomic E-state index is 0.0889. The van der Waals surface area contributed by atoms with E-state index in [9.17, 15) is 4.39 Å². The zero-order valence-electron chi connectivity index (χ0n) is 21.5. The number of hydrogen-bond acceptors (Lipinski definition) is 3. The predicted octanol–water partition coefficient (Wildman–Crippen LogP) is 9.01. The molecule has 0 N–H and O–H groups in total. The van der Waals surface area contributed by atoms with Crippen LogP contribution in [0.15, 0.2) is 60.9 Å². The molecule has 1 atom stereocenters. The fourth-order valence-electron chi connectivity index (χ4n) is 4.13. The van der Waals surface area contributed by atoms with Gasteiger partial charge < -0.3 is 4.74 Å². The van der Waals surface area contributed by atoms with Crippen molar-refractivity contribution in [2.45, 2.75) is 90.6 Å². The molecule has 0 bridgehead atoms. The molecule has 0 saturated heterocycles. The maximum atomic E-state index is 13.4. The molecule has 2 aromatic carbocycles. The Hall–Kier alpha value is -2.75. The topological polar surface area (TPSA) is 35.0 Å². The summed E-state index contributed by atoms with van der Waals surface area (Å²) < 4.78 is 18.8. The Morgan fingerprint density at radius 2 is 1.26 bits per heavy atom. The molecule has 0 saturated carbocycles. The number of ether oxygens (including phenoxy) is 1. The minimum Gasteiger partial charge on any atom is -0.491 e. The van der Waals surface area contributed by atoms with Crippen molar-refractivity contribution >= 4 is 0 Å². The van der Waals surface area contributed by atoms with E-state index >= 15 is 0 Å². The van der Waals surface area contributed by atoms with Crippen LogP contribution in [0.1, 0.15) is 83.6 Å². The van der Waals surface area contributed by atoms with Gasteiger partial charge in [0.1, 0.15) is 18.5 Å². The van der Waals surface area contributed by atoms with Crippen molar-refractivity contribution in [3.8, 4) is 28.3 Å². The van der Waals surface area contributed by atoms with Crippen LogP contribution in [0.5, 0.6) is 5.75 Å². The lowest BCUT2D eigenvalue weighted by Crippen LogP contribution is -2.11. The molecule has 0 fully saturated rings. The highest BCUT2D eigenvalue weighted by atomic mass is 19.1. The predicted molar refractivity (Wildman–Crippen MR) is 145 cm³/mol. The van der Waals surface area contributed by atoms with Crippen molar-refractivity contribution in [2.24, 2.45) is 0 Å². The van der Waals surface area contributed by atoms with Crippen molar-refractivity contribution < 1.29 is 9.13 Å². The van der Waals surface area contributed by atoms with E-state index in [0.29, 0.717) is 12.2 Å². The second-order valence-corrected chi connectivity index (χ2v) is 9.41. The van der Waals surface area contributed by atoms with Gasteiger partial charge in [0.2, 0.25) is 0 Å². The molecular weight excluding hydrogens is 435 g/mol. The molecule has 188 valence electrons. The largest absolute Gasteiger partial charge is 0.491 e. The molecule has 1 unspecified atom stereocenters. The summed E-state index contributed by atoms with van der Waals surface area (Å²) in [5, 5.41) is 0. The lowest BCUT2D eigenvalue weighted by atomic mass is 10.0. The molecule has 4 heteroatoms. The third-order valence-electron chi connectivity index (χ3n) is 6.49. The summed E-state index contributed by atoms with van der Waals surface area (Å²) in [6.45, 7) is 4.17.